The second-order valence-corrected chi connectivity index (χ2v) is 2.90. The number of hydrogen-bond donors (Lipinski definition) is 2. The predicted octanol–water partition coefficient (Wildman–Crippen LogP) is 0.238. The molecule has 0 aromatic heterocycles. The lowest BCUT2D eigenvalue weighted by Crippen LogP contribution is -2.45. The summed E-state index contributed by atoms with van der Waals surface area (Å²) >= 11 is 0. The van der Waals surface area contributed by atoms with E-state index in [0.717, 1.165) is 0 Å². The molecule has 3 atom stereocenters. The van der Waals surface area contributed by atoms with Gasteiger partial charge in [-0.25, -0.2) is 8.78 Å². The Morgan fingerprint density at radius 2 is 1.82 bits per heavy atom. The zero-order chi connectivity index (χ0) is 8.65. The average molecular weight is 164 g/mol. The van der Waals surface area contributed by atoms with Crippen LogP contribution in [0, 0.1) is 0 Å². The average Bonchev–Trinajstić information content (AvgIpc) is 2.09. The van der Waals surface area contributed by atoms with Gasteiger partial charge in [0.25, 0.3) is 0 Å². The van der Waals surface area contributed by atoms with E-state index >= 15 is 0 Å². The van der Waals surface area contributed by atoms with Crippen LogP contribution < -0.4 is 5.73 Å². The summed E-state index contributed by atoms with van der Waals surface area (Å²) in [4.78, 5) is 10.4. The number of alkyl halides is 2. The standard InChI is InChI=1S/C6H9F2NO2/c7-3-1-6(9,5(10)11)2-4(3)8/h3-4H,1-2,9H2,(H,10,11)/t3-,4-/m1/s1/i7-1/t3-,4-,6+. The van der Waals surface area contributed by atoms with Gasteiger partial charge in [0.1, 0.15) is 17.9 Å². The number of hydrogen-bond acceptors (Lipinski definition) is 2. The first-order valence-electron chi connectivity index (χ1n) is 3.26. The number of rotatable bonds is 1. The molecule has 3 nitrogen and oxygen atoms in total. The number of carbonyl (C=O) groups is 1. The van der Waals surface area contributed by atoms with Crippen LogP contribution in [0.2, 0.25) is 0 Å². The van der Waals surface area contributed by atoms with E-state index in [1.165, 1.54) is 0 Å². The zero-order valence-corrected chi connectivity index (χ0v) is 5.76. The van der Waals surface area contributed by atoms with Crippen molar-refractivity contribution in [1.82, 2.24) is 0 Å². The smallest absolute Gasteiger partial charge is 0.323 e. The Morgan fingerprint density at radius 3 is 2.00 bits per heavy atom. The lowest BCUT2D eigenvalue weighted by atomic mass is 10.00. The molecule has 0 saturated heterocycles. The van der Waals surface area contributed by atoms with Crippen molar-refractivity contribution in [2.45, 2.75) is 30.7 Å². The molecule has 0 heterocycles. The normalized spacial score (nSPS) is 44.3. The summed E-state index contributed by atoms with van der Waals surface area (Å²) in [7, 11) is 0. The third kappa shape index (κ3) is 1.33. The van der Waals surface area contributed by atoms with Gasteiger partial charge in [-0.15, -0.1) is 0 Å². The van der Waals surface area contributed by atoms with Crippen LogP contribution in [0.3, 0.4) is 0 Å². The topological polar surface area (TPSA) is 63.3 Å². The van der Waals surface area contributed by atoms with E-state index in [-0.39, 0.29) is 0 Å². The molecule has 1 aliphatic carbocycles. The molecule has 1 fully saturated rings. The predicted molar refractivity (Wildman–Crippen MR) is 33.6 cm³/mol. The second-order valence-electron chi connectivity index (χ2n) is 2.90. The zero-order valence-electron chi connectivity index (χ0n) is 5.76. The van der Waals surface area contributed by atoms with Gasteiger partial charge in [-0.1, -0.05) is 0 Å². The molecule has 3 N–H and O–H groups in total. The summed E-state index contributed by atoms with van der Waals surface area (Å²) in [5.41, 5.74) is 3.51. The molecule has 0 bridgehead atoms. The van der Waals surface area contributed by atoms with Gasteiger partial charge in [-0.3, -0.25) is 4.79 Å². The maximum absolute atomic E-state index is 12.5. The quantitative estimate of drug-likeness (QED) is 0.583. The van der Waals surface area contributed by atoms with Gasteiger partial charge >= 0.3 is 5.97 Å². The molecule has 0 unspecified atom stereocenters. The van der Waals surface area contributed by atoms with Gasteiger partial charge in [0.2, 0.25) is 0 Å². The first-order chi connectivity index (χ1) is 4.96. The monoisotopic (exact) mass is 164 g/mol. The van der Waals surface area contributed by atoms with E-state index in [0.29, 0.717) is 0 Å². The van der Waals surface area contributed by atoms with Crippen LogP contribution in [-0.2, 0) is 4.79 Å². The summed E-state index contributed by atoms with van der Waals surface area (Å²) in [5, 5.41) is 8.45. The third-order valence-electron chi connectivity index (χ3n) is 1.94. The number of halogens is 2. The van der Waals surface area contributed by atoms with Crippen molar-refractivity contribution in [2.75, 3.05) is 0 Å². The van der Waals surface area contributed by atoms with Gasteiger partial charge in [0, 0.05) is 12.8 Å². The number of nitrogens with two attached hydrogens (primary N) is 1. The molecule has 0 aromatic rings. The fraction of sp³-hybridized carbons (Fsp3) is 0.833. The summed E-state index contributed by atoms with van der Waals surface area (Å²) < 4.78 is 24.9. The summed E-state index contributed by atoms with van der Waals surface area (Å²) in [6.45, 7) is 0. The Kier molecular flexibility index (Phi) is 1.83. The van der Waals surface area contributed by atoms with Crippen LogP contribution in [0.1, 0.15) is 12.8 Å². The van der Waals surface area contributed by atoms with Gasteiger partial charge in [0.15, 0.2) is 0 Å². The first kappa shape index (κ1) is 8.39. The minimum Gasteiger partial charge on any atom is -0.480 e. The SMILES string of the molecule is N[C@]1(C(=O)O)C[C@@H](F)[C@H]([18F])C1. The molecular weight excluding hydrogens is 155 g/mol. The summed E-state index contributed by atoms with van der Waals surface area (Å²) in [6, 6.07) is 0. The molecule has 1 aliphatic rings. The van der Waals surface area contributed by atoms with Crippen molar-refractivity contribution in [2.24, 2.45) is 5.73 Å². The highest BCUT2D eigenvalue weighted by Crippen LogP contribution is 2.32. The maximum Gasteiger partial charge on any atom is 0.323 e. The third-order valence-corrected chi connectivity index (χ3v) is 1.94. The van der Waals surface area contributed by atoms with Crippen LogP contribution in [-0.4, -0.2) is 29.0 Å². The largest absolute Gasteiger partial charge is 0.480 e. The van der Waals surface area contributed by atoms with Crippen molar-refractivity contribution in [3.8, 4) is 0 Å². The number of aliphatic carboxylic acids is 1. The molecule has 0 spiro atoms. The molecule has 5 heteroatoms. The molecule has 0 radical (unpaired) electrons. The van der Waals surface area contributed by atoms with Crippen LogP contribution >= 0.6 is 0 Å². The summed E-state index contributed by atoms with van der Waals surface area (Å²) in [5.74, 6) is -1.33. The van der Waals surface area contributed by atoms with Gasteiger partial charge in [0.05, 0.1) is 0 Å². The van der Waals surface area contributed by atoms with E-state index in [1.54, 1.807) is 0 Å². The molecule has 1 saturated carbocycles. The van der Waals surface area contributed by atoms with E-state index in [4.69, 9.17) is 10.8 Å². The van der Waals surface area contributed by atoms with Crippen LogP contribution in [0.5, 0.6) is 0 Å². The Hall–Kier alpha value is -0.710. The van der Waals surface area contributed by atoms with Crippen LogP contribution in [0.25, 0.3) is 0 Å². The molecule has 64 valence electrons. The summed E-state index contributed by atoms with van der Waals surface area (Å²) in [6.07, 6.45) is -4.31. The highest BCUT2D eigenvalue weighted by molar-refractivity contribution is 5.79. The van der Waals surface area contributed by atoms with Crippen molar-refractivity contribution < 1.29 is 18.7 Å². The van der Waals surface area contributed by atoms with Crippen molar-refractivity contribution in [3.05, 3.63) is 0 Å². The van der Waals surface area contributed by atoms with E-state index < -0.39 is 36.7 Å². The minimum atomic E-state index is -1.73. The van der Waals surface area contributed by atoms with Crippen molar-refractivity contribution in [1.29, 1.82) is 0 Å². The van der Waals surface area contributed by atoms with E-state index in [1.807, 2.05) is 0 Å². The fourth-order valence-electron chi connectivity index (χ4n) is 1.21. The maximum atomic E-state index is 12.5. The second kappa shape index (κ2) is 2.41. The molecular formula is C6H9F2NO2. The Labute approximate surface area is 62.2 Å². The molecule has 0 amide bonds. The number of carboxylic acid groups (broad SMARTS) is 1. The highest BCUT2D eigenvalue weighted by Gasteiger charge is 2.48. The Morgan fingerprint density at radius 1 is 1.45 bits per heavy atom. The fourth-order valence-corrected chi connectivity index (χ4v) is 1.21. The van der Waals surface area contributed by atoms with E-state index in [2.05, 4.69) is 0 Å². The number of carboxylic acids is 1. The Bertz CT molecular complexity index is 175. The van der Waals surface area contributed by atoms with Crippen molar-refractivity contribution >= 4 is 5.97 Å². The first-order valence-corrected chi connectivity index (χ1v) is 3.26. The highest BCUT2D eigenvalue weighted by atomic mass is 19.1. The minimum absolute atomic E-state index is 0.427. The molecule has 11 heavy (non-hydrogen) atoms. The van der Waals surface area contributed by atoms with E-state index in [9.17, 15) is 13.6 Å². The van der Waals surface area contributed by atoms with Crippen LogP contribution in [0.15, 0.2) is 0 Å². The Balaban J connectivity index is 2.71. The van der Waals surface area contributed by atoms with Gasteiger partial charge < -0.3 is 10.8 Å². The van der Waals surface area contributed by atoms with Crippen LogP contribution in [0.4, 0.5) is 8.78 Å². The molecule has 0 aromatic carbocycles. The van der Waals surface area contributed by atoms with Gasteiger partial charge in [-0.05, 0) is 0 Å². The lowest BCUT2D eigenvalue weighted by molar-refractivity contribution is -0.143. The molecule has 1 rings (SSSR count). The van der Waals surface area contributed by atoms with Gasteiger partial charge in [-0.2, -0.15) is 0 Å². The molecule has 0 aliphatic heterocycles. The van der Waals surface area contributed by atoms with Crippen molar-refractivity contribution in [3.63, 3.8) is 0 Å². The lowest BCUT2D eigenvalue weighted by Gasteiger charge is -2.15.